The number of hydrogen-bond donors (Lipinski definition) is 0. The highest BCUT2D eigenvalue weighted by Crippen LogP contribution is 2.40. The fourth-order valence-electron chi connectivity index (χ4n) is 2.73. The number of ether oxygens (including phenoxy) is 1. The SMILES string of the molecule is COc1cccc(C=C2CC([Si](C)(C)C)CC(Cl)C2=O)c1. The Morgan fingerprint density at radius 1 is 1.33 bits per heavy atom. The number of hydrogen-bond acceptors (Lipinski definition) is 2. The van der Waals surface area contributed by atoms with Crippen molar-refractivity contribution in [2.75, 3.05) is 7.11 Å². The Morgan fingerprint density at radius 3 is 2.67 bits per heavy atom. The van der Waals surface area contributed by atoms with Crippen LogP contribution in [0.4, 0.5) is 0 Å². The van der Waals surface area contributed by atoms with Crippen molar-refractivity contribution in [3.05, 3.63) is 35.4 Å². The maximum Gasteiger partial charge on any atom is 0.176 e. The first-order valence-electron chi connectivity index (χ1n) is 7.34. The summed E-state index contributed by atoms with van der Waals surface area (Å²) in [5.41, 5.74) is 2.43. The van der Waals surface area contributed by atoms with Gasteiger partial charge in [-0.25, -0.2) is 0 Å². The van der Waals surface area contributed by atoms with Crippen molar-refractivity contribution < 1.29 is 9.53 Å². The van der Waals surface area contributed by atoms with Crippen LogP contribution in [-0.2, 0) is 4.79 Å². The molecular weight excluding hydrogens is 300 g/mol. The third-order valence-electron chi connectivity index (χ3n) is 4.22. The van der Waals surface area contributed by atoms with Gasteiger partial charge in [0.1, 0.15) is 5.75 Å². The maximum absolute atomic E-state index is 12.3. The number of ketones is 1. The van der Waals surface area contributed by atoms with Gasteiger partial charge in [-0.1, -0.05) is 31.8 Å². The standard InChI is InChI=1S/C17H23ClO2Si/c1-20-14-7-5-6-12(9-14)8-13-10-15(21(2,3)4)11-16(18)17(13)19/h5-9,15-16H,10-11H2,1-4H3. The quantitative estimate of drug-likeness (QED) is 0.455. The van der Waals surface area contributed by atoms with Crippen molar-refractivity contribution in [1.82, 2.24) is 0 Å². The van der Waals surface area contributed by atoms with Gasteiger partial charge in [0.15, 0.2) is 5.78 Å². The topological polar surface area (TPSA) is 26.3 Å². The van der Waals surface area contributed by atoms with Gasteiger partial charge in [-0.3, -0.25) is 4.79 Å². The molecule has 0 bridgehead atoms. The van der Waals surface area contributed by atoms with Gasteiger partial charge in [0.05, 0.1) is 12.5 Å². The van der Waals surface area contributed by atoms with Crippen LogP contribution in [0.3, 0.4) is 0 Å². The monoisotopic (exact) mass is 322 g/mol. The van der Waals surface area contributed by atoms with E-state index in [1.54, 1.807) is 7.11 Å². The van der Waals surface area contributed by atoms with Gasteiger partial charge < -0.3 is 4.74 Å². The lowest BCUT2D eigenvalue weighted by atomic mass is 9.91. The fraction of sp³-hybridized carbons (Fsp3) is 0.471. The van der Waals surface area contributed by atoms with Crippen molar-refractivity contribution in [3.8, 4) is 5.75 Å². The first-order valence-corrected chi connectivity index (χ1v) is 11.4. The summed E-state index contributed by atoms with van der Waals surface area (Å²) in [6.45, 7) is 7.04. The number of carbonyl (C=O) groups is 1. The Hall–Kier alpha value is -1.06. The molecule has 0 N–H and O–H groups in total. The van der Waals surface area contributed by atoms with Crippen molar-refractivity contribution in [2.24, 2.45) is 0 Å². The van der Waals surface area contributed by atoms with Crippen LogP contribution < -0.4 is 4.74 Å². The molecule has 0 aromatic heterocycles. The van der Waals surface area contributed by atoms with Crippen molar-refractivity contribution in [3.63, 3.8) is 0 Å². The summed E-state index contributed by atoms with van der Waals surface area (Å²) in [5, 5.41) is -0.368. The molecule has 0 radical (unpaired) electrons. The summed E-state index contributed by atoms with van der Waals surface area (Å²) in [5.74, 6) is 0.894. The second-order valence-corrected chi connectivity index (χ2v) is 12.9. The average Bonchev–Trinajstić information content (AvgIpc) is 2.42. The van der Waals surface area contributed by atoms with Gasteiger partial charge in [-0.05, 0) is 47.7 Å². The van der Waals surface area contributed by atoms with Crippen LogP contribution >= 0.6 is 11.6 Å². The van der Waals surface area contributed by atoms with E-state index in [0.717, 1.165) is 29.7 Å². The van der Waals surface area contributed by atoms with Crippen LogP contribution in [0.15, 0.2) is 29.8 Å². The first kappa shape index (κ1) is 16.3. The summed E-state index contributed by atoms with van der Waals surface area (Å²) in [6.07, 6.45) is 3.66. The number of Topliss-reactive ketones (excluding diaryl/α,β-unsaturated/α-hetero) is 1. The summed E-state index contributed by atoms with van der Waals surface area (Å²) in [4.78, 5) is 12.3. The first-order chi connectivity index (χ1) is 9.81. The highest BCUT2D eigenvalue weighted by Gasteiger charge is 2.37. The van der Waals surface area contributed by atoms with E-state index in [2.05, 4.69) is 19.6 Å². The molecule has 1 aliphatic carbocycles. The number of allylic oxidation sites excluding steroid dienone is 1. The number of methoxy groups -OCH3 is 1. The molecule has 0 amide bonds. The Balaban J connectivity index is 2.30. The van der Waals surface area contributed by atoms with Crippen molar-refractivity contribution >= 4 is 31.5 Å². The number of rotatable bonds is 3. The lowest BCUT2D eigenvalue weighted by molar-refractivity contribution is -0.116. The molecule has 0 saturated heterocycles. The number of carbonyl (C=O) groups excluding carboxylic acids is 1. The number of alkyl halides is 1. The smallest absolute Gasteiger partial charge is 0.176 e. The second-order valence-electron chi connectivity index (χ2n) is 6.78. The minimum atomic E-state index is -1.31. The molecule has 21 heavy (non-hydrogen) atoms. The van der Waals surface area contributed by atoms with E-state index in [-0.39, 0.29) is 11.2 Å². The largest absolute Gasteiger partial charge is 0.497 e. The molecule has 0 aliphatic heterocycles. The molecule has 114 valence electrons. The van der Waals surface area contributed by atoms with Crippen LogP contribution in [0.1, 0.15) is 18.4 Å². The summed E-state index contributed by atoms with van der Waals surface area (Å²) < 4.78 is 5.23. The van der Waals surface area contributed by atoms with E-state index < -0.39 is 8.07 Å². The third-order valence-corrected chi connectivity index (χ3v) is 7.48. The van der Waals surface area contributed by atoms with Crippen LogP contribution in [0.2, 0.25) is 25.2 Å². The molecule has 1 aliphatic rings. The molecule has 1 saturated carbocycles. The van der Waals surface area contributed by atoms with Crippen molar-refractivity contribution in [2.45, 2.75) is 43.4 Å². The lowest BCUT2D eigenvalue weighted by Gasteiger charge is -2.35. The Bertz CT molecular complexity index is 560. The van der Waals surface area contributed by atoms with Crippen LogP contribution in [0, 0.1) is 0 Å². The molecule has 1 fully saturated rings. The van der Waals surface area contributed by atoms with E-state index in [4.69, 9.17) is 16.3 Å². The highest BCUT2D eigenvalue weighted by molar-refractivity contribution is 6.77. The molecule has 4 heteroatoms. The molecule has 2 nitrogen and oxygen atoms in total. The van der Waals surface area contributed by atoms with Crippen molar-refractivity contribution in [1.29, 1.82) is 0 Å². The average molecular weight is 323 g/mol. The van der Waals surface area contributed by atoms with Crippen LogP contribution in [-0.4, -0.2) is 26.3 Å². The molecule has 0 spiro atoms. The van der Waals surface area contributed by atoms with Gasteiger partial charge in [-0.15, -0.1) is 11.6 Å². The van der Waals surface area contributed by atoms with Gasteiger partial charge >= 0.3 is 0 Å². The molecule has 0 heterocycles. The normalized spacial score (nSPS) is 25.2. The Morgan fingerprint density at radius 2 is 2.05 bits per heavy atom. The second kappa shape index (κ2) is 6.37. The number of benzene rings is 1. The van der Waals surface area contributed by atoms with Crippen LogP contribution in [0.5, 0.6) is 5.75 Å². The Kier molecular flexibility index (Phi) is 4.94. The zero-order valence-electron chi connectivity index (χ0n) is 13.2. The minimum Gasteiger partial charge on any atom is -0.497 e. The van der Waals surface area contributed by atoms with E-state index in [1.165, 1.54) is 0 Å². The van der Waals surface area contributed by atoms with Gasteiger partial charge in [0.2, 0.25) is 0 Å². The molecule has 2 rings (SSSR count). The molecule has 1 aromatic rings. The van der Waals surface area contributed by atoms with Gasteiger partial charge in [0, 0.05) is 8.07 Å². The summed E-state index contributed by atoms with van der Waals surface area (Å²) >= 11 is 6.29. The lowest BCUT2D eigenvalue weighted by Crippen LogP contribution is -2.37. The molecule has 2 unspecified atom stereocenters. The van der Waals surface area contributed by atoms with E-state index in [9.17, 15) is 4.79 Å². The Labute approximate surface area is 133 Å². The predicted octanol–water partition coefficient (Wildman–Crippen LogP) is 4.76. The summed E-state index contributed by atoms with van der Waals surface area (Å²) in [7, 11) is 0.340. The maximum atomic E-state index is 12.3. The zero-order chi connectivity index (χ0) is 15.6. The van der Waals surface area contributed by atoms with E-state index in [0.29, 0.717) is 5.54 Å². The van der Waals surface area contributed by atoms with E-state index >= 15 is 0 Å². The van der Waals surface area contributed by atoms with Crippen LogP contribution in [0.25, 0.3) is 6.08 Å². The zero-order valence-corrected chi connectivity index (χ0v) is 14.9. The highest BCUT2D eigenvalue weighted by atomic mass is 35.5. The fourth-order valence-corrected chi connectivity index (χ4v) is 5.01. The summed E-state index contributed by atoms with van der Waals surface area (Å²) in [6, 6.07) is 7.78. The molecule has 2 atom stereocenters. The number of halogens is 1. The van der Waals surface area contributed by atoms with Gasteiger partial charge in [0.25, 0.3) is 0 Å². The van der Waals surface area contributed by atoms with E-state index in [1.807, 2.05) is 30.3 Å². The minimum absolute atomic E-state index is 0.0917. The predicted molar refractivity (Wildman–Crippen MR) is 91.9 cm³/mol. The van der Waals surface area contributed by atoms with Gasteiger partial charge in [-0.2, -0.15) is 0 Å². The third kappa shape index (κ3) is 3.98. The molecule has 1 aromatic carbocycles. The molecular formula is C17H23ClO2Si.